The molecule has 0 bridgehead atoms. The Kier molecular flexibility index (Phi) is 5.64. The maximum Gasteiger partial charge on any atom is 0.161 e. The molecule has 2 aliphatic rings. The van der Waals surface area contributed by atoms with Crippen LogP contribution in [0.2, 0.25) is 0 Å². The standard InChI is InChI=1S/C15H26O3/c1-17-15(13-6-7-13)14(16)5-3-2-4-12-8-10-18-11-9-12/h12-13,15H,2-11H2,1H3. The molecule has 1 aliphatic heterocycles. The van der Waals surface area contributed by atoms with E-state index in [9.17, 15) is 4.79 Å². The predicted octanol–water partition coefficient (Wildman–Crippen LogP) is 2.97. The molecule has 3 heteroatoms. The highest BCUT2D eigenvalue weighted by Gasteiger charge is 2.35. The number of hydrogen-bond donors (Lipinski definition) is 0. The molecule has 0 radical (unpaired) electrons. The minimum Gasteiger partial charge on any atom is -0.381 e. The van der Waals surface area contributed by atoms with E-state index >= 15 is 0 Å². The summed E-state index contributed by atoms with van der Waals surface area (Å²) in [5.41, 5.74) is 0. The molecule has 0 amide bonds. The second-order valence-electron chi connectivity index (χ2n) is 5.76. The summed E-state index contributed by atoms with van der Waals surface area (Å²) in [6.45, 7) is 1.86. The van der Waals surface area contributed by atoms with Gasteiger partial charge in [0.2, 0.25) is 0 Å². The van der Waals surface area contributed by atoms with Crippen LogP contribution in [-0.4, -0.2) is 32.2 Å². The summed E-state index contributed by atoms with van der Waals surface area (Å²) in [7, 11) is 1.67. The van der Waals surface area contributed by atoms with Gasteiger partial charge in [-0.3, -0.25) is 4.79 Å². The van der Waals surface area contributed by atoms with Crippen molar-refractivity contribution >= 4 is 5.78 Å². The van der Waals surface area contributed by atoms with Gasteiger partial charge in [0.05, 0.1) is 0 Å². The molecular formula is C15H26O3. The molecule has 3 nitrogen and oxygen atoms in total. The number of carbonyl (C=O) groups is 1. The Balaban J connectivity index is 1.55. The van der Waals surface area contributed by atoms with Crippen LogP contribution in [0.3, 0.4) is 0 Å². The zero-order valence-electron chi connectivity index (χ0n) is 11.5. The van der Waals surface area contributed by atoms with Crippen LogP contribution in [0.25, 0.3) is 0 Å². The SMILES string of the molecule is COC(C(=O)CCCCC1CCOCC1)C1CC1. The van der Waals surface area contributed by atoms with Gasteiger partial charge in [-0.25, -0.2) is 0 Å². The average molecular weight is 254 g/mol. The van der Waals surface area contributed by atoms with Gasteiger partial charge in [-0.05, 0) is 43.9 Å². The van der Waals surface area contributed by atoms with E-state index in [1.165, 1.54) is 38.5 Å². The van der Waals surface area contributed by atoms with Crippen LogP contribution in [0, 0.1) is 11.8 Å². The molecule has 0 aromatic carbocycles. The van der Waals surface area contributed by atoms with Crippen LogP contribution in [-0.2, 0) is 14.3 Å². The number of Topliss-reactive ketones (excluding diaryl/α,β-unsaturated/α-hetero) is 1. The summed E-state index contributed by atoms with van der Waals surface area (Å²) in [4.78, 5) is 12.0. The van der Waals surface area contributed by atoms with E-state index in [-0.39, 0.29) is 6.10 Å². The predicted molar refractivity (Wildman–Crippen MR) is 70.5 cm³/mol. The number of ether oxygens (including phenoxy) is 2. The monoisotopic (exact) mass is 254 g/mol. The van der Waals surface area contributed by atoms with Gasteiger partial charge < -0.3 is 9.47 Å². The third-order valence-electron chi connectivity index (χ3n) is 4.25. The zero-order valence-corrected chi connectivity index (χ0v) is 11.5. The van der Waals surface area contributed by atoms with Crippen LogP contribution in [0.15, 0.2) is 0 Å². The van der Waals surface area contributed by atoms with Gasteiger partial charge in [-0.1, -0.05) is 12.8 Å². The summed E-state index contributed by atoms with van der Waals surface area (Å²) >= 11 is 0. The number of hydrogen-bond acceptors (Lipinski definition) is 3. The number of methoxy groups -OCH3 is 1. The fraction of sp³-hybridized carbons (Fsp3) is 0.933. The van der Waals surface area contributed by atoms with E-state index in [4.69, 9.17) is 9.47 Å². The Morgan fingerprint density at radius 1 is 1.22 bits per heavy atom. The summed E-state index contributed by atoms with van der Waals surface area (Å²) < 4.78 is 10.7. The molecule has 2 rings (SSSR count). The molecule has 1 saturated carbocycles. The Bertz CT molecular complexity index is 254. The summed E-state index contributed by atoms with van der Waals surface area (Å²) in [5.74, 6) is 1.68. The van der Waals surface area contributed by atoms with Crippen LogP contribution >= 0.6 is 0 Å². The van der Waals surface area contributed by atoms with E-state index in [2.05, 4.69) is 0 Å². The molecular weight excluding hydrogens is 228 g/mol. The highest BCUT2D eigenvalue weighted by atomic mass is 16.5. The Morgan fingerprint density at radius 3 is 2.56 bits per heavy atom. The van der Waals surface area contributed by atoms with Crippen LogP contribution < -0.4 is 0 Å². The first-order valence-electron chi connectivity index (χ1n) is 7.44. The van der Waals surface area contributed by atoms with Crippen molar-refractivity contribution in [2.45, 2.75) is 57.5 Å². The van der Waals surface area contributed by atoms with Crippen LogP contribution in [0.5, 0.6) is 0 Å². The smallest absolute Gasteiger partial charge is 0.161 e. The quantitative estimate of drug-likeness (QED) is 0.625. The second kappa shape index (κ2) is 7.25. The lowest BCUT2D eigenvalue weighted by Gasteiger charge is -2.21. The van der Waals surface area contributed by atoms with Gasteiger partial charge in [0.15, 0.2) is 5.78 Å². The molecule has 0 aromatic rings. The molecule has 2 fully saturated rings. The third-order valence-corrected chi connectivity index (χ3v) is 4.25. The van der Waals surface area contributed by atoms with Gasteiger partial charge in [-0.2, -0.15) is 0 Å². The maximum atomic E-state index is 12.0. The minimum absolute atomic E-state index is 0.104. The van der Waals surface area contributed by atoms with Crippen molar-refractivity contribution in [3.63, 3.8) is 0 Å². The topological polar surface area (TPSA) is 35.5 Å². The average Bonchev–Trinajstić information content (AvgIpc) is 3.21. The highest BCUT2D eigenvalue weighted by Crippen LogP contribution is 2.35. The van der Waals surface area contributed by atoms with Gasteiger partial charge in [0.1, 0.15) is 6.10 Å². The highest BCUT2D eigenvalue weighted by molar-refractivity contribution is 5.83. The van der Waals surface area contributed by atoms with Crippen molar-refractivity contribution < 1.29 is 14.3 Å². The molecule has 18 heavy (non-hydrogen) atoms. The van der Waals surface area contributed by atoms with Crippen molar-refractivity contribution in [2.24, 2.45) is 11.8 Å². The molecule has 1 saturated heterocycles. The van der Waals surface area contributed by atoms with E-state index in [0.29, 0.717) is 18.1 Å². The number of rotatable bonds is 8. The molecule has 0 spiro atoms. The van der Waals surface area contributed by atoms with Crippen molar-refractivity contribution in [3.05, 3.63) is 0 Å². The van der Waals surface area contributed by atoms with Gasteiger partial charge in [-0.15, -0.1) is 0 Å². The Hall–Kier alpha value is -0.410. The zero-order chi connectivity index (χ0) is 12.8. The first-order valence-corrected chi connectivity index (χ1v) is 7.44. The number of ketones is 1. The largest absolute Gasteiger partial charge is 0.381 e. The minimum atomic E-state index is -0.104. The van der Waals surface area contributed by atoms with Gasteiger partial charge in [0, 0.05) is 26.7 Å². The Morgan fingerprint density at radius 2 is 1.94 bits per heavy atom. The summed E-state index contributed by atoms with van der Waals surface area (Å²) in [6, 6.07) is 0. The van der Waals surface area contributed by atoms with Crippen molar-refractivity contribution in [1.82, 2.24) is 0 Å². The first-order chi connectivity index (χ1) is 8.81. The summed E-state index contributed by atoms with van der Waals surface area (Å²) in [5, 5.41) is 0. The van der Waals surface area contributed by atoms with Gasteiger partial charge in [0.25, 0.3) is 0 Å². The van der Waals surface area contributed by atoms with Crippen molar-refractivity contribution in [1.29, 1.82) is 0 Å². The molecule has 1 heterocycles. The lowest BCUT2D eigenvalue weighted by atomic mass is 9.93. The van der Waals surface area contributed by atoms with E-state index in [0.717, 1.165) is 25.6 Å². The summed E-state index contributed by atoms with van der Waals surface area (Å²) in [6.07, 6.45) is 8.83. The van der Waals surface area contributed by atoms with E-state index in [1.807, 2.05) is 0 Å². The molecule has 1 unspecified atom stereocenters. The Labute approximate surface area is 110 Å². The molecule has 1 aliphatic carbocycles. The number of unbranched alkanes of at least 4 members (excludes halogenated alkanes) is 1. The van der Waals surface area contributed by atoms with Crippen LogP contribution in [0.1, 0.15) is 51.4 Å². The van der Waals surface area contributed by atoms with E-state index < -0.39 is 0 Å². The molecule has 1 atom stereocenters. The lowest BCUT2D eigenvalue weighted by Crippen LogP contribution is -2.25. The van der Waals surface area contributed by atoms with Gasteiger partial charge >= 0.3 is 0 Å². The molecule has 104 valence electrons. The lowest BCUT2D eigenvalue weighted by molar-refractivity contribution is -0.130. The van der Waals surface area contributed by atoms with Crippen molar-refractivity contribution in [3.8, 4) is 0 Å². The fourth-order valence-corrected chi connectivity index (χ4v) is 2.90. The molecule has 0 aromatic heterocycles. The number of carbonyl (C=O) groups excluding carboxylic acids is 1. The van der Waals surface area contributed by atoms with Crippen molar-refractivity contribution in [2.75, 3.05) is 20.3 Å². The second-order valence-corrected chi connectivity index (χ2v) is 5.76. The van der Waals surface area contributed by atoms with E-state index in [1.54, 1.807) is 7.11 Å². The first kappa shape index (κ1) is 14.0. The molecule has 0 N–H and O–H groups in total. The third kappa shape index (κ3) is 4.36. The normalized spacial score (nSPS) is 22.9. The fourth-order valence-electron chi connectivity index (χ4n) is 2.90. The maximum absolute atomic E-state index is 12.0. The van der Waals surface area contributed by atoms with Crippen LogP contribution in [0.4, 0.5) is 0 Å².